The number of esters is 1. The molecule has 7 rings (SSSR count). The molecule has 1 aliphatic carbocycles. The van der Waals surface area contributed by atoms with Crippen LogP contribution in [0.5, 0.6) is 5.75 Å². The van der Waals surface area contributed by atoms with Crippen LogP contribution in [-0.4, -0.2) is 85.5 Å². The molecule has 4 aromatic rings. The zero-order valence-corrected chi connectivity index (χ0v) is 33.5. The van der Waals surface area contributed by atoms with Gasteiger partial charge < -0.3 is 33.7 Å². The van der Waals surface area contributed by atoms with Crippen LogP contribution >= 0.6 is 0 Å². The van der Waals surface area contributed by atoms with Crippen LogP contribution in [0.2, 0.25) is 0 Å². The van der Waals surface area contributed by atoms with E-state index in [1.807, 2.05) is 25.1 Å². The van der Waals surface area contributed by atoms with Gasteiger partial charge in [0.1, 0.15) is 12.4 Å². The lowest BCUT2D eigenvalue weighted by atomic mass is 9.85. The first-order valence-corrected chi connectivity index (χ1v) is 19.6. The van der Waals surface area contributed by atoms with Crippen molar-refractivity contribution in [2.45, 2.75) is 72.1 Å². The number of aryl methyl sites for hydroxylation is 2. The van der Waals surface area contributed by atoms with E-state index in [0.717, 1.165) is 102 Å². The molecule has 294 valence electrons. The highest BCUT2D eigenvalue weighted by atomic mass is 16.6. The number of hydrogen-bond donors (Lipinski definition) is 2. The summed E-state index contributed by atoms with van der Waals surface area (Å²) in [5.41, 5.74) is 14.8. The minimum absolute atomic E-state index is 0.0214. The Morgan fingerprint density at radius 3 is 2.29 bits per heavy atom. The van der Waals surface area contributed by atoms with Gasteiger partial charge in [0.2, 0.25) is 0 Å². The number of rotatable bonds is 15. The lowest BCUT2D eigenvalue weighted by molar-refractivity contribution is -0.140. The summed E-state index contributed by atoms with van der Waals surface area (Å²) >= 11 is 0. The summed E-state index contributed by atoms with van der Waals surface area (Å²) in [4.78, 5) is 44.0. The van der Waals surface area contributed by atoms with E-state index >= 15 is 0 Å². The number of ether oxygens (including phenoxy) is 5. The van der Waals surface area contributed by atoms with Crippen LogP contribution in [-0.2, 0) is 30.2 Å². The van der Waals surface area contributed by atoms with Crippen molar-refractivity contribution in [3.05, 3.63) is 87.5 Å². The van der Waals surface area contributed by atoms with Crippen LogP contribution in [0.3, 0.4) is 0 Å². The van der Waals surface area contributed by atoms with Crippen LogP contribution in [0.4, 0.5) is 0 Å². The van der Waals surface area contributed by atoms with Crippen molar-refractivity contribution in [3.63, 3.8) is 0 Å². The van der Waals surface area contributed by atoms with E-state index in [2.05, 4.69) is 61.9 Å². The maximum atomic E-state index is 13.7. The number of carbonyl (C=O) groups excluding carboxylic acids is 2. The molecule has 0 spiro atoms. The van der Waals surface area contributed by atoms with Gasteiger partial charge in [-0.2, -0.15) is 0 Å². The third-order valence-corrected chi connectivity index (χ3v) is 11.4. The Bertz CT molecular complexity index is 2350. The highest BCUT2D eigenvalue weighted by molar-refractivity contribution is 6.13. The summed E-state index contributed by atoms with van der Waals surface area (Å²) in [5.74, 6) is 0.461. The first-order chi connectivity index (χ1) is 27.1. The highest BCUT2D eigenvalue weighted by Gasteiger charge is 2.36. The predicted octanol–water partition coefficient (Wildman–Crippen LogP) is 8.58. The minimum atomic E-state index is -0.263. The highest BCUT2D eigenvalue weighted by Crippen LogP contribution is 2.45. The number of ketones is 1. The lowest BCUT2D eigenvalue weighted by Crippen LogP contribution is -2.12. The van der Waals surface area contributed by atoms with Gasteiger partial charge in [-0.3, -0.25) is 14.6 Å². The zero-order valence-electron chi connectivity index (χ0n) is 33.5. The molecule has 0 fully saturated rings. The van der Waals surface area contributed by atoms with Gasteiger partial charge in [-0.1, -0.05) is 32.0 Å². The summed E-state index contributed by atoms with van der Waals surface area (Å²) in [5, 5.41) is 0. The minimum Gasteiger partial charge on any atom is -0.491 e. The standard InChI is InChI=1S/C45H52N4O7/c1-8-29-25(2)33-24-38-42(31-11-9-10-12-40(31)56-20-19-55-18-17-54-16-15-52-6)27(4)35(47-38)22-34-26(3)30(13-14-41(51)53-7)44(48-34)32-21-39(50)43-28(5)36(49-45(32)43)23-37(29)46-33/h9-12,22-24,26,30,47,49H,8,13-21H2,1-7H3/t26-,30-/m0/s1. The Morgan fingerprint density at radius 1 is 0.839 bits per heavy atom. The quantitative estimate of drug-likeness (QED) is 0.0902. The van der Waals surface area contributed by atoms with Gasteiger partial charge >= 0.3 is 5.97 Å². The van der Waals surface area contributed by atoms with E-state index in [-0.39, 0.29) is 36.4 Å². The third-order valence-electron chi connectivity index (χ3n) is 11.4. The normalized spacial score (nSPS) is 16.2. The summed E-state index contributed by atoms with van der Waals surface area (Å²) in [6.07, 6.45) is 1.88. The molecule has 0 radical (unpaired) electrons. The molecular weight excluding hydrogens is 709 g/mol. The number of carbonyl (C=O) groups is 2. The number of para-hydroxylation sites is 1. The second-order valence-electron chi connectivity index (χ2n) is 14.7. The topological polar surface area (TPSA) is 138 Å². The van der Waals surface area contributed by atoms with Gasteiger partial charge in [-0.05, 0) is 80.2 Å². The fraction of sp³-hybridized carbons (Fsp3) is 0.422. The largest absolute Gasteiger partial charge is 0.491 e. The number of nitrogens with zero attached hydrogens (tertiary/aromatic N) is 2. The number of allylic oxidation sites excluding steroid dienone is 2. The predicted molar refractivity (Wildman–Crippen MR) is 218 cm³/mol. The second-order valence-corrected chi connectivity index (χ2v) is 14.7. The molecule has 0 amide bonds. The van der Waals surface area contributed by atoms with Crippen LogP contribution in [0, 0.1) is 13.8 Å². The molecule has 8 bridgehead atoms. The Morgan fingerprint density at radius 2 is 1.54 bits per heavy atom. The van der Waals surface area contributed by atoms with E-state index in [9.17, 15) is 9.59 Å². The Balaban J connectivity index is 1.40. The van der Waals surface area contributed by atoms with Crippen molar-refractivity contribution in [3.8, 4) is 16.9 Å². The van der Waals surface area contributed by atoms with Gasteiger partial charge in [-0.15, -0.1) is 0 Å². The maximum Gasteiger partial charge on any atom is 0.305 e. The SMILES string of the molecule is CCC1=C(C)c2cc3[nH]c(cc4nc(c5c6[nH]c(cc1n2)c(C)c6C(=O)C5)[C@@H](CCC(=O)OC)[C@@H]4C)c(C)c3-c1ccccc1OCCOCCOCCOC. The molecule has 2 atom stereocenters. The third kappa shape index (κ3) is 7.55. The van der Waals surface area contributed by atoms with Crippen LogP contribution in [0.15, 0.2) is 42.5 Å². The number of hydrogen-bond acceptors (Lipinski definition) is 9. The molecule has 5 heterocycles. The van der Waals surface area contributed by atoms with Gasteiger partial charge in [0.15, 0.2) is 5.78 Å². The van der Waals surface area contributed by atoms with Crippen LogP contribution in [0.25, 0.3) is 44.3 Å². The fourth-order valence-corrected chi connectivity index (χ4v) is 8.34. The molecule has 1 aromatic carbocycles. The molecule has 2 N–H and O–H groups in total. The average Bonchev–Trinajstić information content (AvgIpc) is 3.95. The van der Waals surface area contributed by atoms with Gasteiger partial charge in [0, 0.05) is 76.3 Å². The molecule has 0 saturated heterocycles. The number of benzene rings is 1. The second kappa shape index (κ2) is 17.0. The van der Waals surface area contributed by atoms with Crippen molar-refractivity contribution in [1.82, 2.24) is 19.9 Å². The van der Waals surface area contributed by atoms with Crippen molar-refractivity contribution >= 4 is 45.0 Å². The first-order valence-electron chi connectivity index (χ1n) is 19.6. The lowest BCUT2D eigenvalue weighted by Gasteiger charge is -2.16. The fourth-order valence-electron chi connectivity index (χ4n) is 8.34. The molecule has 11 heteroatoms. The van der Waals surface area contributed by atoms with E-state index < -0.39 is 0 Å². The smallest absolute Gasteiger partial charge is 0.305 e. The number of Topliss-reactive ketones (excluding diaryl/α,β-unsaturated/α-hetero) is 1. The van der Waals surface area contributed by atoms with Crippen molar-refractivity contribution in [2.75, 3.05) is 53.9 Å². The molecule has 0 unspecified atom stereocenters. The number of aromatic amines is 2. The Hall–Kier alpha value is -5.10. The van der Waals surface area contributed by atoms with Gasteiger partial charge in [-0.25, -0.2) is 4.98 Å². The maximum absolute atomic E-state index is 13.7. The summed E-state index contributed by atoms with van der Waals surface area (Å²) < 4.78 is 27.7. The van der Waals surface area contributed by atoms with E-state index in [1.165, 1.54) is 7.11 Å². The number of fused-ring (bicyclic) bond motifs is 8. The average molecular weight is 761 g/mol. The van der Waals surface area contributed by atoms with Gasteiger partial charge in [0.25, 0.3) is 0 Å². The molecule has 3 aromatic heterocycles. The Kier molecular flexibility index (Phi) is 11.8. The number of H-pyrrole nitrogens is 2. The van der Waals surface area contributed by atoms with E-state index in [0.29, 0.717) is 46.1 Å². The van der Waals surface area contributed by atoms with E-state index in [4.69, 9.17) is 33.7 Å². The molecule has 3 aliphatic rings. The Labute approximate surface area is 327 Å². The first kappa shape index (κ1) is 39.1. The number of methoxy groups -OCH3 is 2. The van der Waals surface area contributed by atoms with Crippen LogP contribution < -0.4 is 4.74 Å². The molecule has 11 nitrogen and oxygen atoms in total. The number of aromatic nitrogens is 4. The molecular formula is C45H52N4O7. The molecule has 0 saturated carbocycles. The van der Waals surface area contributed by atoms with Crippen molar-refractivity contribution in [1.29, 1.82) is 0 Å². The van der Waals surface area contributed by atoms with E-state index in [1.54, 1.807) is 7.11 Å². The summed E-state index contributed by atoms with van der Waals surface area (Å²) in [6, 6.07) is 14.4. The monoisotopic (exact) mass is 760 g/mol. The van der Waals surface area contributed by atoms with Crippen molar-refractivity contribution < 1.29 is 33.3 Å². The van der Waals surface area contributed by atoms with Crippen LogP contribution in [0.1, 0.15) is 102 Å². The molecule has 2 aliphatic heterocycles. The van der Waals surface area contributed by atoms with Gasteiger partial charge in [0.05, 0.1) is 62.7 Å². The summed E-state index contributed by atoms with van der Waals surface area (Å²) in [6.45, 7) is 13.4. The number of nitrogens with one attached hydrogen (secondary N) is 2. The van der Waals surface area contributed by atoms with Crippen molar-refractivity contribution in [2.24, 2.45) is 0 Å². The summed E-state index contributed by atoms with van der Waals surface area (Å²) in [7, 11) is 3.07. The molecule has 56 heavy (non-hydrogen) atoms. The zero-order chi connectivity index (χ0) is 39.5.